The van der Waals surface area contributed by atoms with E-state index in [1.807, 2.05) is 31.2 Å². The molecule has 0 spiro atoms. The van der Waals surface area contributed by atoms with Gasteiger partial charge in [0.25, 0.3) is 5.91 Å². The number of carbonyl (C=O) groups excluding carboxylic acids is 1. The van der Waals surface area contributed by atoms with Crippen LogP contribution in [0.25, 0.3) is 0 Å². The van der Waals surface area contributed by atoms with Crippen molar-refractivity contribution in [3.63, 3.8) is 0 Å². The lowest BCUT2D eigenvalue weighted by Crippen LogP contribution is -2.33. The molecule has 0 bridgehead atoms. The number of anilines is 1. The number of rotatable bonds is 5. The number of amides is 1. The standard InChI is InChI=1S/C15H18N4O/c1-12-4-2-5-14(10-12)19(9-3-7-16)15(20)13-6-8-17-18-11-13/h2,4-6,8,10-11H,3,7,9,16H2,1H3. The third kappa shape index (κ3) is 3.39. The summed E-state index contributed by atoms with van der Waals surface area (Å²) in [6.07, 6.45) is 3.75. The normalized spacial score (nSPS) is 10.3. The van der Waals surface area contributed by atoms with Crippen LogP contribution in [-0.2, 0) is 0 Å². The molecular formula is C15H18N4O. The van der Waals surface area contributed by atoms with Crippen molar-refractivity contribution >= 4 is 11.6 Å². The van der Waals surface area contributed by atoms with Crippen molar-refractivity contribution < 1.29 is 4.79 Å². The maximum atomic E-state index is 12.6. The summed E-state index contributed by atoms with van der Waals surface area (Å²) in [5.41, 5.74) is 8.08. The van der Waals surface area contributed by atoms with Gasteiger partial charge in [-0.15, -0.1) is 0 Å². The van der Waals surface area contributed by atoms with Crippen LogP contribution < -0.4 is 10.6 Å². The second-order valence-electron chi connectivity index (χ2n) is 4.57. The fraction of sp³-hybridized carbons (Fsp3) is 0.267. The molecule has 104 valence electrons. The summed E-state index contributed by atoms with van der Waals surface area (Å²) in [5, 5.41) is 7.45. The average molecular weight is 270 g/mol. The monoisotopic (exact) mass is 270 g/mol. The Kier molecular flexibility index (Phi) is 4.79. The Bertz CT molecular complexity index is 571. The number of aryl methyl sites for hydroxylation is 1. The number of hydrogen-bond acceptors (Lipinski definition) is 4. The summed E-state index contributed by atoms with van der Waals surface area (Å²) >= 11 is 0. The summed E-state index contributed by atoms with van der Waals surface area (Å²) in [5.74, 6) is -0.0843. The highest BCUT2D eigenvalue weighted by molar-refractivity contribution is 6.05. The van der Waals surface area contributed by atoms with Gasteiger partial charge in [0.2, 0.25) is 0 Å². The molecule has 0 radical (unpaired) electrons. The molecule has 0 atom stereocenters. The molecule has 0 fully saturated rings. The minimum atomic E-state index is -0.0843. The highest BCUT2D eigenvalue weighted by Crippen LogP contribution is 2.18. The third-order valence-corrected chi connectivity index (χ3v) is 2.98. The van der Waals surface area contributed by atoms with Gasteiger partial charge in [-0.3, -0.25) is 4.79 Å². The van der Waals surface area contributed by atoms with Crippen LogP contribution in [0.2, 0.25) is 0 Å². The highest BCUT2D eigenvalue weighted by Gasteiger charge is 2.17. The quantitative estimate of drug-likeness (QED) is 0.899. The summed E-state index contributed by atoms with van der Waals surface area (Å²) in [4.78, 5) is 14.3. The van der Waals surface area contributed by atoms with E-state index < -0.39 is 0 Å². The maximum absolute atomic E-state index is 12.6. The number of nitrogens with two attached hydrogens (primary N) is 1. The number of benzene rings is 1. The molecule has 0 aliphatic rings. The predicted molar refractivity (Wildman–Crippen MR) is 78.6 cm³/mol. The van der Waals surface area contributed by atoms with Gasteiger partial charge in [-0.2, -0.15) is 10.2 Å². The first kappa shape index (κ1) is 14.1. The van der Waals surface area contributed by atoms with E-state index >= 15 is 0 Å². The maximum Gasteiger partial charge on any atom is 0.259 e. The Hall–Kier alpha value is -2.27. The Balaban J connectivity index is 2.30. The zero-order valence-electron chi connectivity index (χ0n) is 11.5. The molecule has 2 rings (SSSR count). The van der Waals surface area contributed by atoms with Crippen molar-refractivity contribution in [1.82, 2.24) is 10.2 Å². The Morgan fingerprint density at radius 2 is 2.15 bits per heavy atom. The van der Waals surface area contributed by atoms with Crippen molar-refractivity contribution in [2.24, 2.45) is 5.73 Å². The van der Waals surface area contributed by atoms with Gasteiger partial charge >= 0.3 is 0 Å². The average Bonchev–Trinajstić information content (AvgIpc) is 2.48. The Labute approximate surface area is 118 Å². The first-order chi connectivity index (χ1) is 9.72. The highest BCUT2D eigenvalue weighted by atomic mass is 16.2. The van der Waals surface area contributed by atoms with E-state index in [1.54, 1.807) is 11.0 Å². The van der Waals surface area contributed by atoms with Crippen molar-refractivity contribution in [2.45, 2.75) is 13.3 Å². The first-order valence-electron chi connectivity index (χ1n) is 6.57. The molecule has 1 amide bonds. The molecule has 0 aliphatic heterocycles. The summed E-state index contributed by atoms with van der Waals surface area (Å²) < 4.78 is 0. The zero-order valence-corrected chi connectivity index (χ0v) is 11.5. The van der Waals surface area contributed by atoms with Gasteiger partial charge in [0, 0.05) is 12.2 Å². The van der Waals surface area contributed by atoms with Crippen molar-refractivity contribution in [3.05, 3.63) is 53.9 Å². The number of hydrogen-bond donors (Lipinski definition) is 1. The molecule has 0 saturated carbocycles. The molecule has 1 aromatic carbocycles. The van der Waals surface area contributed by atoms with Crippen LogP contribution in [0.3, 0.4) is 0 Å². The Morgan fingerprint density at radius 1 is 1.30 bits per heavy atom. The second-order valence-corrected chi connectivity index (χ2v) is 4.57. The Morgan fingerprint density at radius 3 is 2.80 bits per heavy atom. The van der Waals surface area contributed by atoms with Crippen LogP contribution in [-0.4, -0.2) is 29.2 Å². The SMILES string of the molecule is Cc1cccc(N(CCCN)C(=O)c2ccnnc2)c1. The van der Waals surface area contributed by atoms with Crippen LogP contribution in [0.1, 0.15) is 22.3 Å². The molecule has 0 aliphatic carbocycles. The van der Waals surface area contributed by atoms with E-state index in [2.05, 4.69) is 10.2 Å². The minimum Gasteiger partial charge on any atom is -0.330 e. The molecule has 2 aromatic rings. The number of carbonyl (C=O) groups is 1. The second kappa shape index (κ2) is 6.77. The lowest BCUT2D eigenvalue weighted by atomic mass is 10.1. The lowest BCUT2D eigenvalue weighted by molar-refractivity contribution is 0.0986. The van der Waals surface area contributed by atoms with Crippen molar-refractivity contribution in [1.29, 1.82) is 0 Å². The predicted octanol–water partition coefficient (Wildman–Crippen LogP) is 1.78. The van der Waals surface area contributed by atoms with Gasteiger partial charge in [0.15, 0.2) is 0 Å². The smallest absolute Gasteiger partial charge is 0.259 e. The molecule has 5 heteroatoms. The van der Waals surface area contributed by atoms with Gasteiger partial charge in [0.1, 0.15) is 0 Å². The van der Waals surface area contributed by atoms with E-state index in [-0.39, 0.29) is 5.91 Å². The summed E-state index contributed by atoms with van der Waals surface area (Å²) in [6.45, 7) is 3.13. The molecular weight excluding hydrogens is 252 g/mol. The molecule has 20 heavy (non-hydrogen) atoms. The van der Waals surface area contributed by atoms with Crippen LogP contribution in [0.4, 0.5) is 5.69 Å². The van der Waals surface area contributed by atoms with Gasteiger partial charge in [0.05, 0.1) is 18.0 Å². The van der Waals surface area contributed by atoms with E-state index in [0.29, 0.717) is 18.7 Å². The topological polar surface area (TPSA) is 72.1 Å². The lowest BCUT2D eigenvalue weighted by Gasteiger charge is -2.23. The first-order valence-corrected chi connectivity index (χ1v) is 6.57. The molecule has 2 N–H and O–H groups in total. The zero-order chi connectivity index (χ0) is 14.4. The third-order valence-electron chi connectivity index (χ3n) is 2.98. The van der Waals surface area contributed by atoms with E-state index in [4.69, 9.17) is 5.73 Å². The van der Waals surface area contributed by atoms with Gasteiger partial charge in [-0.25, -0.2) is 0 Å². The van der Waals surface area contributed by atoms with Crippen molar-refractivity contribution in [2.75, 3.05) is 18.0 Å². The van der Waals surface area contributed by atoms with E-state index in [1.165, 1.54) is 12.4 Å². The van der Waals surface area contributed by atoms with E-state index in [9.17, 15) is 4.79 Å². The largest absolute Gasteiger partial charge is 0.330 e. The molecule has 1 aromatic heterocycles. The van der Waals surface area contributed by atoms with Gasteiger partial charge in [-0.1, -0.05) is 12.1 Å². The minimum absolute atomic E-state index is 0.0843. The fourth-order valence-electron chi connectivity index (χ4n) is 1.97. The van der Waals surface area contributed by atoms with Crippen LogP contribution in [0.15, 0.2) is 42.7 Å². The summed E-state index contributed by atoms with van der Waals surface area (Å²) in [6, 6.07) is 9.53. The molecule has 1 heterocycles. The van der Waals surface area contributed by atoms with Crippen LogP contribution in [0, 0.1) is 6.92 Å². The number of aromatic nitrogens is 2. The van der Waals surface area contributed by atoms with Crippen LogP contribution >= 0.6 is 0 Å². The van der Waals surface area contributed by atoms with Crippen LogP contribution in [0.5, 0.6) is 0 Å². The van der Waals surface area contributed by atoms with Crippen molar-refractivity contribution in [3.8, 4) is 0 Å². The molecule has 5 nitrogen and oxygen atoms in total. The molecule has 0 saturated heterocycles. The number of nitrogens with zero attached hydrogens (tertiary/aromatic N) is 3. The van der Waals surface area contributed by atoms with Gasteiger partial charge < -0.3 is 10.6 Å². The van der Waals surface area contributed by atoms with E-state index in [0.717, 1.165) is 17.7 Å². The summed E-state index contributed by atoms with van der Waals surface area (Å²) in [7, 11) is 0. The fourth-order valence-corrected chi connectivity index (χ4v) is 1.97. The molecule has 0 unspecified atom stereocenters. The van der Waals surface area contributed by atoms with Gasteiger partial charge in [-0.05, 0) is 43.7 Å².